The first-order chi connectivity index (χ1) is 30.3. The number of hydrogen-bond donors (Lipinski definition) is 1. The highest BCUT2D eigenvalue weighted by Gasteiger charge is 2.24. The molecule has 0 aliphatic carbocycles. The number of fused-ring (bicyclic) bond motifs is 1. The van der Waals surface area contributed by atoms with E-state index in [4.69, 9.17) is 14.1 Å². The van der Waals surface area contributed by atoms with Crippen molar-refractivity contribution in [3.05, 3.63) is 192 Å². The second kappa shape index (κ2) is 16.0. The Hall–Kier alpha value is -7.04. The zero-order valence-corrected chi connectivity index (χ0v) is 34.6. The van der Waals surface area contributed by atoms with Crippen LogP contribution >= 0.6 is 0 Å². The smallest absolute Gasteiger partial charge is 0.149 e. The second-order valence-corrected chi connectivity index (χ2v) is 16.4. The third-order valence-electron chi connectivity index (χ3n) is 11.4. The average molecular weight is 783 g/mol. The largest absolute Gasteiger partial charge is 0.507 e. The van der Waals surface area contributed by atoms with Crippen LogP contribution in [0, 0.1) is 13.8 Å². The summed E-state index contributed by atoms with van der Waals surface area (Å²) in [7, 11) is 0. The number of aryl methyl sites for hydroxylation is 2. The van der Waals surface area contributed by atoms with E-state index in [1.54, 1.807) is 18.3 Å². The predicted octanol–water partition coefficient (Wildman–Crippen LogP) is 15.0. The summed E-state index contributed by atoms with van der Waals surface area (Å²) in [6.45, 7) is 8.57. The van der Waals surface area contributed by atoms with E-state index in [0.717, 1.165) is 89.2 Å². The highest BCUT2D eigenvalue weighted by Crippen LogP contribution is 2.43. The molecule has 9 aromatic rings. The maximum Gasteiger partial charge on any atom is 0.149 e. The van der Waals surface area contributed by atoms with Gasteiger partial charge in [0, 0.05) is 27.1 Å². The first kappa shape index (κ1) is 35.0. The highest BCUT2D eigenvalue weighted by atomic mass is 16.3. The lowest BCUT2D eigenvalue weighted by Crippen LogP contribution is -2.02. The van der Waals surface area contributed by atoms with Crippen LogP contribution in [0.3, 0.4) is 0 Å². The van der Waals surface area contributed by atoms with Crippen molar-refractivity contribution < 1.29 is 9.22 Å². The number of aromatic hydroxyl groups is 1. The number of benzene rings is 7. The third-order valence-corrected chi connectivity index (χ3v) is 11.4. The van der Waals surface area contributed by atoms with Crippen molar-refractivity contribution in [2.45, 2.75) is 53.3 Å². The Bertz CT molecular complexity index is 3110. The molecule has 1 N–H and O–H groups in total. The Kier molecular flexibility index (Phi) is 9.29. The van der Waals surface area contributed by atoms with Gasteiger partial charge in [0.05, 0.1) is 22.3 Å². The molecule has 0 saturated carbocycles. The van der Waals surface area contributed by atoms with Crippen LogP contribution in [0.1, 0.15) is 65.9 Å². The minimum absolute atomic E-state index is 0.0966. The quantitative estimate of drug-likeness (QED) is 0.159. The Morgan fingerprint density at radius 3 is 1.88 bits per heavy atom. The Morgan fingerprint density at radius 2 is 1.20 bits per heavy atom. The molecule has 4 heteroatoms. The van der Waals surface area contributed by atoms with Crippen LogP contribution in [-0.4, -0.2) is 19.6 Å². The molecular formula is C56H49N3O. The molecule has 0 amide bonds. The van der Waals surface area contributed by atoms with Gasteiger partial charge < -0.3 is 5.11 Å². The highest BCUT2D eigenvalue weighted by molar-refractivity contribution is 5.98. The molecule has 0 spiro atoms. The molecule has 4 nitrogen and oxygen atoms in total. The molecule has 0 atom stereocenters. The van der Waals surface area contributed by atoms with Crippen molar-refractivity contribution >= 4 is 11.0 Å². The fraction of sp³-hybridized carbons (Fsp3) is 0.143. The molecule has 0 radical (unpaired) electrons. The van der Waals surface area contributed by atoms with E-state index in [1.807, 2.05) is 42.5 Å². The number of imidazole rings is 1. The maximum absolute atomic E-state index is 12.2. The second-order valence-electron chi connectivity index (χ2n) is 16.4. The number of aromatic nitrogens is 3. The van der Waals surface area contributed by atoms with E-state index in [-0.39, 0.29) is 17.6 Å². The van der Waals surface area contributed by atoms with Crippen LogP contribution in [0.2, 0.25) is 0 Å². The number of rotatable bonds is 9. The zero-order valence-electron chi connectivity index (χ0n) is 37.6. The number of phenolic OH excluding ortho intramolecular Hbond substituents is 1. The molecule has 7 aromatic carbocycles. The molecule has 0 fully saturated rings. The summed E-state index contributed by atoms with van der Waals surface area (Å²) in [6.07, 6.45) is 1.81. The van der Waals surface area contributed by atoms with Crippen LogP contribution < -0.4 is 0 Å². The van der Waals surface area contributed by atoms with Gasteiger partial charge in [0.1, 0.15) is 11.6 Å². The average Bonchev–Trinajstić information content (AvgIpc) is 3.69. The van der Waals surface area contributed by atoms with Crippen LogP contribution in [0.5, 0.6) is 5.75 Å². The van der Waals surface area contributed by atoms with Crippen molar-refractivity contribution in [2.75, 3.05) is 0 Å². The summed E-state index contributed by atoms with van der Waals surface area (Å²) in [5, 5.41) is 12.2. The van der Waals surface area contributed by atoms with E-state index in [2.05, 4.69) is 148 Å². The lowest BCUT2D eigenvalue weighted by molar-refractivity contribution is 0.466. The van der Waals surface area contributed by atoms with Gasteiger partial charge in [-0.25, -0.2) is 4.98 Å². The summed E-state index contributed by atoms with van der Waals surface area (Å²) in [5.41, 5.74) is 16.6. The van der Waals surface area contributed by atoms with Gasteiger partial charge in [-0.2, -0.15) is 0 Å². The van der Waals surface area contributed by atoms with Gasteiger partial charge in [0.15, 0.2) is 0 Å². The molecule has 60 heavy (non-hydrogen) atoms. The van der Waals surface area contributed by atoms with Gasteiger partial charge in [-0.15, -0.1) is 0 Å². The van der Waals surface area contributed by atoms with Crippen molar-refractivity contribution in [2.24, 2.45) is 0 Å². The third kappa shape index (κ3) is 7.42. The monoisotopic (exact) mass is 782 g/mol. The van der Waals surface area contributed by atoms with Gasteiger partial charge in [-0.1, -0.05) is 142 Å². The van der Waals surface area contributed by atoms with E-state index in [1.165, 1.54) is 0 Å². The van der Waals surface area contributed by atoms with Crippen molar-refractivity contribution in [3.63, 3.8) is 0 Å². The minimum Gasteiger partial charge on any atom is -0.507 e. The van der Waals surface area contributed by atoms with Crippen molar-refractivity contribution in [3.8, 4) is 78.6 Å². The van der Waals surface area contributed by atoms with Gasteiger partial charge >= 0.3 is 0 Å². The molecule has 0 unspecified atom stereocenters. The van der Waals surface area contributed by atoms with E-state index >= 15 is 0 Å². The van der Waals surface area contributed by atoms with Crippen LogP contribution in [0.25, 0.3) is 83.9 Å². The predicted molar refractivity (Wildman–Crippen MR) is 251 cm³/mol. The summed E-state index contributed by atoms with van der Waals surface area (Å²) in [5.74, 6) is 1.25. The fourth-order valence-electron chi connectivity index (χ4n) is 8.25. The summed E-state index contributed by atoms with van der Waals surface area (Å²) >= 11 is 0. The van der Waals surface area contributed by atoms with Gasteiger partial charge in [-0.05, 0) is 136 Å². The number of para-hydroxylation sites is 1. The molecule has 294 valence electrons. The van der Waals surface area contributed by atoms with Crippen LogP contribution in [-0.2, 0) is 0 Å². The standard InChI is InChI=1S/C56H49N3O/c1-35(2)43-32-50(36(3)4)55(60)51(33-43)56-58-54-49(18-13-19-53(54)59(56)48-27-38(6)26-44(31-48)39-14-9-7-10-15-39)46-28-45(40-16-11-8-12-17-40)29-47(30-46)52-34-42(24-25-57-52)41-22-20-37(5)21-23-41/h7-36,60H,1-6H3/i5D3. The summed E-state index contributed by atoms with van der Waals surface area (Å²) in [6, 6.07) is 55.6. The fourth-order valence-corrected chi connectivity index (χ4v) is 8.25. The van der Waals surface area contributed by atoms with Gasteiger partial charge in [0.2, 0.25) is 0 Å². The lowest BCUT2D eigenvalue weighted by Gasteiger charge is -2.18. The van der Waals surface area contributed by atoms with Crippen molar-refractivity contribution in [1.82, 2.24) is 14.5 Å². The topological polar surface area (TPSA) is 50.9 Å². The van der Waals surface area contributed by atoms with Crippen LogP contribution in [0.15, 0.2) is 170 Å². The number of hydrogen-bond acceptors (Lipinski definition) is 3. The Morgan fingerprint density at radius 1 is 0.533 bits per heavy atom. The lowest BCUT2D eigenvalue weighted by atomic mass is 9.91. The molecule has 0 bridgehead atoms. The molecular weight excluding hydrogens is 731 g/mol. The Balaban J connectivity index is 1.29. The van der Waals surface area contributed by atoms with Gasteiger partial charge in [0.25, 0.3) is 0 Å². The Labute approximate surface area is 357 Å². The minimum atomic E-state index is -2.17. The van der Waals surface area contributed by atoms with E-state index in [0.29, 0.717) is 17.0 Å². The van der Waals surface area contributed by atoms with Gasteiger partial charge in [-0.3, -0.25) is 9.55 Å². The molecule has 0 aliphatic heterocycles. The summed E-state index contributed by atoms with van der Waals surface area (Å²) in [4.78, 5) is 10.4. The molecule has 9 rings (SSSR count). The first-order valence-corrected chi connectivity index (χ1v) is 20.7. The van der Waals surface area contributed by atoms with Crippen molar-refractivity contribution in [1.29, 1.82) is 0 Å². The van der Waals surface area contributed by atoms with E-state index in [9.17, 15) is 5.11 Å². The number of nitrogens with zero attached hydrogens (tertiary/aromatic N) is 3. The van der Waals surface area contributed by atoms with E-state index < -0.39 is 6.85 Å². The molecule has 0 aliphatic rings. The molecule has 0 saturated heterocycles. The normalized spacial score (nSPS) is 12.5. The number of pyridine rings is 1. The maximum atomic E-state index is 12.2. The molecule has 2 heterocycles. The SMILES string of the molecule is [2H]C([2H])([2H])c1ccc(-c2ccnc(-c3cc(-c4ccccc4)cc(-c4cccc5c4nc(-c4cc(C(C)C)cc(C(C)C)c4O)n5-c4cc(C)cc(-c5ccccc5)c4)c3)c2)cc1. The number of phenols is 1. The summed E-state index contributed by atoms with van der Waals surface area (Å²) < 4.78 is 25.7. The molecule has 2 aromatic heterocycles. The van der Waals surface area contributed by atoms with Crippen LogP contribution in [0.4, 0.5) is 0 Å². The zero-order chi connectivity index (χ0) is 44.0. The first-order valence-electron chi connectivity index (χ1n) is 22.2.